The Morgan fingerprint density at radius 3 is 2.00 bits per heavy atom. The molecule has 0 aromatic carbocycles. The molecule has 0 amide bonds. The van der Waals surface area contributed by atoms with Crippen LogP contribution in [0.5, 0.6) is 0 Å². The zero-order valence-electron chi connectivity index (χ0n) is 9.26. The lowest BCUT2D eigenvalue weighted by Crippen LogP contribution is -2.09. The van der Waals surface area contributed by atoms with Crippen molar-refractivity contribution in [2.75, 3.05) is 0 Å². The molecular formula is C11H20N2. The molecule has 1 heterocycles. The normalized spacial score (nSPS) is 13.8. The molecule has 1 atom stereocenters. The third kappa shape index (κ3) is 1.78. The predicted molar refractivity (Wildman–Crippen MR) is 56.9 cm³/mol. The fraction of sp³-hybridized carbons (Fsp3) is 0.636. The van der Waals surface area contributed by atoms with Gasteiger partial charge in [-0.15, -0.1) is 0 Å². The molecule has 0 saturated carbocycles. The maximum atomic E-state index is 5.88. The zero-order chi connectivity index (χ0) is 10.2. The lowest BCUT2D eigenvalue weighted by molar-refractivity contribution is 0.571. The van der Waals surface area contributed by atoms with E-state index in [2.05, 4.69) is 38.3 Å². The highest BCUT2D eigenvalue weighted by atomic mass is 15.0. The van der Waals surface area contributed by atoms with Crippen LogP contribution in [0.15, 0.2) is 6.07 Å². The molecule has 0 spiro atoms. The smallest absolute Gasteiger partial charge is 0.0284 e. The van der Waals surface area contributed by atoms with Gasteiger partial charge >= 0.3 is 0 Å². The molecule has 74 valence electrons. The Balaban J connectivity index is 3.22. The van der Waals surface area contributed by atoms with Crippen molar-refractivity contribution in [2.45, 2.75) is 46.7 Å². The Labute approximate surface area is 80.7 Å². The summed E-state index contributed by atoms with van der Waals surface area (Å²) in [5, 5.41) is 0. The first-order chi connectivity index (χ1) is 5.95. The van der Waals surface area contributed by atoms with Gasteiger partial charge in [0.15, 0.2) is 0 Å². The molecule has 0 aliphatic rings. The van der Waals surface area contributed by atoms with Crippen LogP contribution in [-0.2, 0) is 0 Å². The van der Waals surface area contributed by atoms with Crippen LogP contribution in [0.1, 0.15) is 49.8 Å². The van der Waals surface area contributed by atoms with Gasteiger partial charge in [-0.3, -0.25) is 0 Å². The Hall–Kier alpha value is -0.760. The highest BCUT2D eigenvalue weighted by Gasteiger charge is 2.13. The first kappa shape index (κ1) is 10.3. The fourth-order valence-electron chi connectivity index (χ4n) is 2.06. The number of nitrogens with zero attached hydrogens (tertiary/aromatic N) is 1. The van der Waals surface area contributed by atoms with Crippen LogP contribution in [0, 0.1) is 13.8 Å². The average Bonchev–Trinajstić information content (AvgIpc) is 2.26. The van der Waals surface area contributed by atoms with Crippen LogP contribution < -0.4 is 5.73 Å². The topological polar surface area (TPSA) is 30.9 Å². The van der Waals surface area contributed by atoms with Gasteiger partial charge in [-0.2, -0.15) is 0 Å². The third-order valence-electron chi connectivity index (χ3n) is 2.53. The number of nitrogens with two attached hydrogens (primary N) is 1. The van der Waals surface area contributed by atoms with Gasteiger partial charge in [0, 0.05) is 23.5 Å². The summed E-state index contributed by atoms with van der Waals surface area (Å²) < 4.78 is 2.33. The molecule has 0 aliphatic carbocycles. The lowest BCUT2D eigenvalue weighted by atomic mass is 10.1. The minimum absolute atomic E-state index is 0.138. The summed E-state index contributed by atoms with van der Waals surface area (Å²) in [5.74, 6) is 0. The maximum absolute atomic E-state index is 5.88. The van der Waals surface area contributed by atoms with Crippen molar-refractivity contribution >= 4 is 0 Å². The number of aromatic nitrogens is 1. The molecule has 1 aromatic heterocycles. The van der Waals surface area contributed by atoms with Crippen molar-refractivity contribution in [2.24, 2.45) is 5.73 Å². The van der Waals surface area contributed by atoms with Gasteiger partial charge in [-0.05, 0) is 46.2 Å². The summed E-state index contributed by atoms with van der Waals surface area (Å²) in [7, 11) is 0. The molecule has 1 rings (SSSR count). The molecule has 0 bridgehead atoms. The maximum Gasteiger partial charge on any atom is 0.0284 e. The molecule has 1 aromatic rings. The molecule has 2 N–H and O–H groups in total. The Bertz CT molecular complexity index is 295. The van der Waals surface area contributed by atoms with E-state index in [1.54, 1.807) is 0 Å². The number of hydrogen-bond acceptors (Lipinski definition) is 1. The van der Waals surface area contributed by atoms with Gasteiger partial charge in [0.1, 0.15) is 0 Å². The Kier molecular flexibility index (Phi) is 2.81. The molecule has 0 saturated heterocycles. The van der Waals surface area contributed by atoms with Gasteiger partial charge in [0.05, 0.1) is 0 Å². The van der Waals surface area contributed by atoms with Crippen molar-refractivity contribution < 1.29 is 0 Å². The summed E-state index contributed by atoms with van der Waals surface area (Å²) in [6.07, 6.45) is 0. The SMILES string of the molecule is Cc1cc([C@@H](C)N)c(C)n1C(C)C. The van der Waals surface area contributed by atoms with Crippen molar-refractivity contribution in [1.29, 1.82) is 0 Å². The summed E-state index contributed by atoms with van der Waals surface area (Å²) in [5.41, 5.74) is 9.77. The molecule has 0 aliphatic heterocycles. The largest absolute Gasteiger partial charge is 0.346 e. The molecule has 0 fully saturated rings. The third-order valence-corrected chi connectivity index (χ3v) is 2.53. The van der Waals surface area contributed by atoms with E-state index in [9.17, 15) is 0 Å². The Morgan fingerprint density at radius 1 is 1.23 bits per heavy atom. The van der Waals surface area contributed by atoms with Crippen molar-refractivity contribution in [1.82, 2.24) is 4.57 Å². The lowest BCUT2D eigenvalue weighted by Gasteiger charge is -2.14. The summed E-state index contributed by atoms with van der Waals surface area (Å²) in [4.78, 5) is 0. The zero-order valence-corrected chi connectivity index (χ0v) is 9.26. The van der Waals surface area contributed by atoms with Crippen LogP contribution in [0.25, 0.3) is 0 Å². The second kappa shape index (κ2) is 3.54. The van der Waals surface area contributed by atoms with E-state index < -0.39 is 0 Å². The quantitative estimate of drug-likeness (QED) is 0.745. The van der Waals surface area contributed by atoms with Crippen LogP contribution in [-0.4, -0.2) is 4.57 Å². The van der Waals surface area contributed by atoms with Gasteiger partial charge in [0.25, 0.3) is 0 Å². The second-order valence-corrected chi connectivity index (χ2v) is 4.08. The van der Waals surface area contributed by atoms with Crippen molar-refractivity contribution in [3.8, 4) is 0 Å². The Morgan fingerprint density at radius 2 is 1.77 bits per heavy atom. The molecule has 13 heavy (non-hydrogen) atoms. The standard InChI is InChI=1S/C11H20N2/c1-7(2)13-8(3)6-11(9(4)12)10(13)5/h6-7,9H,12H2,1-5H3/t9-/m1/s1. The van der Waals surface area contributed by atoms with Crippen molar-refractivity contribution in [3.05, 3.63) is 23.0 Å². The van der Waals surface area contributed by atoms with Gasteiger partial charge in [0.2, 0.25) is 0 Å². The van der Waals surface area contributed by atoms with E-state index in [0.717, 1.165) is 0 Å². The number of aryl methyl sites for hydroxylation is 1. The van der Waals surface area contributed by atoms with E-state index in [1.807, 2.05) is 6.92 Å². The molecule has 0 unspecified atom stereocenters. The van der Waals surface area contributed by atoms with Crippen molar-refractivity contribution in [3.63, 3.8) is 0 Å². The monoisotopic (exact) mass is 180 g/mol. The van der Waals surface area contributed by atoms with E-state index >= 15 is 0 Å². The van der Waals surface area contributed by atoms with E-state index in [0.29, 0.717) is 6.04 Å². The summed E-state index contributed by atoms with van der Waals surface area (Å²) >= 11 is 0. The molecule has 0 radical (unpaired) electrons. The molecule has 2 heteroatoms. The summed E-state index contributed by atoms with van der Waals surface area (Å²) in [6, 6.07) is 2.85. The minimum atomic E-state index is 0.138. The van der Waals surface area contributed by atoms with Gasteiger partial charge in [-0.25, -0.2) is 0 Å². The second-order valence-electron chi connectivity index (χ2n) is 4.08. The highest BCUT2D eigenvalue weighted by molar-refractivity contribution is 5.29. The molecular weight excluding hydrogens is 160 g/mol. The first-order valence-electron chi connectivity index (χ1n) is 4.89. The first-order valence-corrected chi connectivity index (χ1v) is 4.89. The van der Waals surface area contributed by atoms with E-state index in [-0.39, 0.29) is 6.04 Å². The summed E-state index contributed by atoms with van der Waals surface area (Å²) in [6.45, 7) is 10.7. The molecule has 2 nitrogen and oxygen atoms in total. The highest BCUT2D eigenvalue weighted by Crippen LogP contribution is 2.23. The van der Waals surface area contributed by atoms with Gasteiger partial charge < -0.3 is 10.3 Å². The van der Waals surface area contributed by atoms with Crippen LogP contribution in [0.2, 0.25) is 0 Å². The average molecular weight is 180 g/mol. The van der Waals surface area contributed by atoms with E-state index in [4.69, 9.17) is 5.73 Å². The van der Waals surface area contributed by atoms with Crippen LogP contribution in [0.4, 0.5) is 0 Å². The fourth-order valence-corrected chi connectivity index (χ4v) is 2.06. The predicted octanol–water partition coefficient (Wildman–Crippen LogP) is 2.71. The van der Waals surface area contributed by atoms with E-state index in [1.165, 1.54) is 17.0 Å². The van der Waals surface area contributed by atoms with Crippen LogP contribution >= 0.6 is 0 Å². The minimum Gasteiger partial charge on any atom is -0.346 e. The van der Waals surface area contributed by atoms with Gasteiger partial charge in [-0.1, -0.05) is 0 Å². The van der Waals surface area contributed by atoms with Crippen LogP contribution in [0.3, 0.4) is 0 Å². The number of hydrogen-bond donors (Lipinski definition) is 1. The number of rotatable bonds is 2.